The lowest BCUT2D eigenvalue weighted by Crippen LogP contribution is -2.25. The van der Waals surface area contributed by atoms with Crippen LogP contribution in [0, 0.1) is 23.0 Å². The molecule has 2 atom stereocenters. The number of nitro groups is 1. The van der Waals surface area contributed by atoms with Crippen LogP contribution >= 0.6 is 0 Å². The topological polar surface area (TPSA) is 93.2 Å². The minimum atomic E-state index is -0.382. The van der Waals surface area contributed by atoms with Gasteiger partial charge < -0.3 is 10.4 Å². The van der Waals surface area contributed by atoms with Crippen molar-refractivity contribution in [3.63, 3.8) is 0 Å². The zero-order chi connectivity index (χ0) is 14.7. The van der Waals surface area contributed by atoms with E-state index >= 15 is 0 Å². The molecule has 1 fully saturated rings. The lowest BCUT2D eigenvalue weighted by molar-refractivity contribution is -0.384. The van der Waals surface area contributed by atoms with Crippen molar-refractivity contribution in [2.45, 2.75) is 52.2 Å². The van der Waals surface area contributed by atoms with Gasteiger partial charge in [-0.1, -0.05) is 6.42 Å². The summed E-state index contributed by atoms with van der Waals surface area (Å²) in [6.45, 7) is 4.79. The molecule has 112 valence electrons. The van der Waals surface area contributed by atoms with E-state index in [9.17, 15) is 15.2 Å². The molecule has 2 unspecified atom stereocenters. The molecule has 2 rings (SSSR count). The number of aliphatic hydroxyl groups is 1. The molecule has 7 heteroatoms. The summed E-state index contributed by atoms with van der Waals surface area (Å²) < 4.78 is 1.63. The smallest absolute Gasteiger partial charge is 0.333 e. The van der Waals surface area contributed by atoms with Crippen molar-refractivity contribution in [1.29, 1.82) is 0 Å². The second-order valence-corrected chi connectivity index (χ2v) is 5.42. The maximum atomic E-state index is 11.1. The molecule has 0 aliphatic heterocycles. The van der Waals surface area contributed by atoms with Crippen LogP contribution < -0.4 is 5.32 Å². The first kappa shape index (κ1) is 14.8. The molecular formula is C13H22N4O3. The molecule has 7 nitrogen and oxygen atoms in total. The quantitative estimate of drug-likeness (QED) is 0.637. The third-order valence-corrected chi connectivity index (χ3v) is 3.89. The Hall–Kier alpha value is -1.63. The monoisotopic (exact) mass is 282 g/mol. The first-order chi connectivity index (χ1) is 9.52. The van der Waals surface area contributed by atoms with E-state index in [4.69, 9.17) is 0 Å². The van der Waals surface area contributed by atoms with Gasteiger partial charge in [-0.2, -0.15) is 5.10 Å². The van der Waals surface area contributed by atoms with Crippen molar-refractivity contribution in [3.05, 3.63) is 15.8 Å². The average molecular weight is 282 g/mol. The Labute approximate surface area is 118 Å². The Morgan fingerprint density at radius 1 is 1.55 bits per heavy atom. The number of nitrogens with one attached hydrogen (secondary N) is 1. The molecule has 1 aliphatic rings. The van der Waals surface area contributed by atoms with Gasteiger partial charge in [-0.05, 0) is 39.0 Å². The van der Waals surface area contributed by atoms with Gasteiger partial charge in [0.05, 0.1) is 11.0 Å². The van der Waals surface area contributed by atoms with E-state index in [-0.39, 0.29) is 16.7 Å². The van der Waals surface area contributed by atoms with Gasteiger partial charge in [-0.15, -0.1) is 0 Å². The van der Waals surface area contributed by atoms with Crippen molar-refractivity contribution in [2.75, 3.05) is 11.9 Å². The largest absolute Gasteiger partial charge is 0.393 e. The molecule has 0 radical (unpaired) electrons. The molecule has 0 aromatic carbocycles. The van der Waals surface area contributed by atoms with Crippen molar-refractivity contribution in [3.8, 4) is 0 Å². The zero-order valence-corrected chi connectivity index (χ0v) is 12.0. The van der Waals surface area contributed by atoms with Gasteiger partial charge >= 0.3 is 5.69 Å². The number of aromatic nitrogens is 2. The molecule has 1 saturated carbocycles. The molecule has 0 spiro atoms. The van der Waals surface area contributed by atoms with E-state index in [1.807, 2.05) is 6.92 Å². The molecule has 1 aliphatic carbocycles. The number of hydrogen-bond donors (Lipinski definition) is 2. The summed E-state index contributed by atoms with van der Waals surface area (Å²) in [5, 5.41) is 28.2. The number of rotatable bonds is 5. The first-order valence-electron chi connectivity index (χ1n) is 7.16. The Morgan fingerprint density at radius 3 is 2.90 bits per heavy atom. The number of aliphatic hydroxyl groups excluding tert-OH is 1. The van der Waals surface area contributed by atoms with Crippen LogP contribution in [0.5, 0.6) is 0 Å². The Bertz CT molecular complexity index is 486. The van der Waals surface area contributed by atoms with Crippen LogP contribution in [0.3, 0.4) is 0 Å². The lowest BCUT2D eigenvalue weighted by Gasteiger charge is -2.26. The fourth-order valence-electron chi connectivity index (χ4n) is 2.88. The fraction of sp³-hybridized carbons (Fsp3) is 0.769. The van der Waals surface area contributed by atoms with Crippen LogP contribution in [-0.4, -0.2) is 32.5 Å². The Kier molecular flexibility index (Phi) is 4.59. The van der Waals surface area contributed by atoms with Crippen LogP contribution in [0.1, 0.15) is 38.3 Å². The number of hydrogen-bond acceptors (Lipinski definition) is 5. The van der Waals surface area contributed by atoms with Gasteiger partial charge in [0.25, 0.3) is 0 Å². The van der Waals surface area contributed by atoms with E-state index < -0.39 is 0 Å². The zero-order valence-electron chi connectivity index (χ0n) is 12.0. The predicted octanol–water partition coefficient (Wildman–Crippen LogP) is 2.08. The normalized spacial score (nSPS) is 22.8. The third-order valence-electron chi connectivity index (χ3n) is 3.89. The molecule has 1 aromatic rings. The highest BCUT2D eigenvalue weighted by atomic mass is 16.6. The number of anilines is 1. The second-order valence-electron chi connectivity index (χ2n) is 5.42. The predicted molar refractivity (Wildman–Crippen MR) is 75.7 cm³/mol. The SMILES string of the molecule is CCn1nc(C)c([N+](=O)[O-])c1NCC1CCCC(O)C1. The van der Waals surface area contributed by atoms with Crippen molar-refractivity contribution < 1.29 is 10.0 Å². The average Bonchev–Trinajstić information content (AvgIpc) is 2.72. The molecule has 2 N–H and O–H groups in total. The summed E-state index contributed by atoms with van der Waals surface area (Å²) in [7, 11) is 0. The van der Waals surface area contributed by atoms with Gasteiger partial charge in [-0.3, -0.25) is 10.1 Å². The third kappa shape index (κ3) is 3.09. The van der Waals surface area contributed by atoms with Crippen LogP contribution in [0.15, 0.2) is 0 Å². The summed E-state index contributed by atoms with van der Waals surface area (Å²) in [5.41, 5.74) is 0.492. The highest BCUT2D eigenvalue weighted by Gasteiger charge is 2.26. The summed E-state index contributed by atoms with van der Waals surface area (Å²) in [6, 6.07) is 0. The molecule has 0 saturated heterocycles. The molecule has 0 amide bonds. The van der Waals surface area contributed by atoms with Crippen molar-refractivity contribution in [1.82, 2.24) is 9.78 Å². The van der Waals surface area contributed by atoms with Gasteiger partial charge in [-0.25, -0.2) is 4.68 Å². The number of aryl methyl sites for hydroxylation is 2. The standard InChI is InChI=1S/C13H22N4O3/c1-3-16-13(12(17(19)20)9(2)15-16)14-8-10-5-4-6-11(18)7-10/h10-11,14,18H,3-8H2,1-2H3. The summed E-state index contributed by atoms with van der Waals surface area (Å²) in [4.78, 5) is 10.8. The number of nitrogens with zero attached hydrogens (tertiary/aromatic N) is 3. The minimum absolute atomic E-state index is 0.0585. The summed E-state index contributed by atoms with van der Waals surface area (Å²) >= 11 is 0. The Balaban J connectivity index is 2.10. The molecule has 1 heterocycles. The minimum Gasteiger partial charge on any atom is -0.393 e. The lowest BCUT2D eigenvalue weighted by atomic mass is 9.87. The van der Waals surface area contributed by atoms with E-state index in [0.717, 1.165) is 25.7 Å². The summed E-state index contributed by atoms with van der Waals surface area (Å²) in [6.07, 6.45) is 3.46. The Morgan fingerprint density at radius 2 is 2.30 bits per heavy atom. The second kappa shape index (κ2) is 6.21. The molecule has 0 bridgehead atoms. The molecular weight excluding hydrogens is 260 g/mol. The maximum absolute atomic E-state index is 11.1. The fourth-order valence-corrected chi connectivity index (χ4v) is 2.88. The van der Waals surface area contributed by atoms with E-state index in [1.54, 1.807) is 11.6 Å². The van der Waals surface area contributed by atoms with Crippen LogP contribution in [0.2, 0.25) is 0 Å². The molecule has 1 aromatic heterocycles. The van der Waals surface area contributed by atoms with Crippen LogP contribution in [0.25, 0.3) is 0 Å². The van der Waals surface area contributed by atoms with Crippen molar-refractivity contribution in [2.24, 2.45) is 5.92 Å². The van der Waals surface area contributed by atoms with Crippen LogP contribution in [-0.2, 0) is 6.54 Å². The van der Waals surface area contributed by atoms with E-state index in [0.29, 0.717) is 30.5 Å². The molecule has 20 heavy (non-hydrogen) atoms. The summed E-state index contributed by atoms with van der Waals surface area (Å²) in [5.74, 6) is 0.842. The highest BCUT2D eigenvalue weighted by Crippen LogP contribution is 2.30. The van der Waals surface area contributed by atoms with E-state index in [2.05, 4.69) is 10.4 Å². The maximum Gasteiger partial charge on any atom is 0.333 e. The first-order valence-corrected chi connectivity index (χ1v) is 7.16. The van der Waals surface area contributed by atoms with Crippen molar-refractivity contribution >= 4 is 11.5 Å². The van der Waals surface area contributed by atoms with Gasteiger partial charge in [0.15, 0.2) is 0 Å². The van der Waals surface area contributed by atoms with Gasteiger partial charge in [0.2, 0.25) is 5.82 Å². The van der Waals surface area contributed by atoms with Crippen LogP contribution in [0.4, 0.5) is 11.5 Å². The van der Waals surface area contributed by atoms with Gasteiger partial charge in [0.1, 0.15) is 5.69 Å². The highest BCUT2D eigenvalue weighted by molar-refractivity contribution is 5.59. The van der Waals surface area contributed by atoms with Gasteiger partial charge in [0, 0.05) is 13.1 Å². The van der Waals surface area contributed by atoms with E-state index in [1.165, 1.54) is 0 Å².